The normalized spacial score (nSPS) is 11.4. The molecular formula is C21H23N5O5S. The number of hydrogen-bond acceptors (Lipinski definition) is 7. The molecule has 3 aromatic rings. The van der Waals surface area contributed by atoms with Gasteiger partial charge in [-0.3, -0.25) is 4.79 Å². The lowest BCUT2D eigenvalue weighted by atomic mass is 10.2. The first-order chi connectivity index (χ1) is 15.1. The van der Waals surface area contributed by atoms with Crippen LogP contribution in [0, 0.1) is 13.8 Å². The van der Waals surface area contributed by atoms with Gasteiger partial charge in [-0.05, 0) is 43.7 Å². The predicted molar refractivity (Wildman–Crippen MR) is 117 cm³/mol. The largest absolute Gasteiger partial charge is 0.452 e. The van der Waals surface area contributed by atoms with E-state index in [1.807, 2.05) is 0 Å². The number of hydrogen-bond donors (Lipinski definition) is 1. The molecule has 0 spiro atoms. The van der Waals surface area contributed by atoms with E-state index < -0.39 is 28.5 Å². The van der Waals surface area contributed by atoms with Crippen LogP contribution in [0.15, 0.2) is 53.7 Å². The molecule has 0 radical (unpaired) electrons. The molecule has 0 bridgehead atoms. The average molecular weight is 458 g/mol. The first kappa shape index (κ1) is 23.1. The fraction of sp³-hybridized carbons (Fsp3) is 0.238. The van der Waals surface area contributed by atoms with Crippen molar-refractivity contribution in [2.75, 3.05) is 26.0 Å². The Morgan fingerprint density at radius 1 is 1.16 bits per heavy atom. The van der Waals surface area contributed by atoms with Crippen molar-refractivity contribution in [3.05, 3.63) is 65.6 Å². The number of sulfonamides is 1. The zero-order chi connectivity index (χ0) is 23.5. The minimum atomic E-state index is -3.67. The van der Waals surface area contributed by atoms with Crippen molar-refractivity contribution >= 4 is 27.6 Å². The first-order valence-electron chi connectivity index (χ1n) is 9.57. The van der Waals surface area contributed by atoms with Gasteiger partial charge in [-0.2, -0.15) is 5.10 Å². The van der Waals surface area contributed by atoms with Crippen molar-refractivity contribution < 1.29 is 22.7 Å². The number of nitrogens with zero attached hydrogens (tertiary/aromatic N) is 4. The molecule has 0 atom stereocenters. The van der Waals surface area contributed by atoms with Gasteiger partial charge in [0.25, 0.3) is 5.91 Å². The number of anilines is 1. The molecule has 0 saturated heterocycles. The minimum Gasteiger partial charge on any atom is -0.452 e. The van der Waals surface area contributed by atoms with E-state index in [0.717, 1.165) is 4.31 Å². The summed E-state index contributed by atoms with van der Waals surface area (Å²) >= 11 is 0. The number of carbonyl (C=O) groups excluding carboxylic acids is 2. The van der Waals surface area contributed by atoms with E-state index in [1.54, 1.807) is 50.4 Å². The standard InChI is InChI=1S/C21H23N5O5S/c1-14-8-9-16(11-18(14)32(29,30)25(3)4)24-20(27)13-31-21(28)17-12-23-26(15(17)2)19-7-5-6-10-22-19/h5-12H,13H2,1-4H3,(H,24,27). The molecule has 32 heavy (non-hydrogen) atoms. The van der Waals surface area contributed by atoms with Crippen molar-refractivity contribution in [3.63, 3.8) is 0 Å². The van der Waals surface area contributed by atoms with Crippen LogP contribution in [-0.2, 0) is 19.6 Å². The SMILES string of the molecule is Cc1ccc(NC(=O)COC(=O)c2cnn(-c3ccccn3)c2C)cc1S(=O)(=O)N(C)C. The molecule has 0 aliphatic carbocycles. The molecule has 1 aromatic carbocycles. The Morgan fingerprint density at radius 2 is 1.91 bits per heavy atom. The van der Waals surface area contributed by atoms with Crippen LogP contribution in [-0.4, -0.2) is 60.1 Å². The Balaban J connectivity index is 1.66. The zero-order valence-electron chi connectivity index (χ0n) is 18.1. The number of aromatic nitrogens is 3. The third-order valence-electron chi connectivity index (χ3n) is 4.66. The summed E-state index contributed by atoms with van der Waals surface area (Å²) in [5.41, 5.74) is 1.55. The summed E-state index contributed by atoms with van der Waals surface area (Å²) in [6, 6.07) is 9.84. The molecule has 3 rings (SSSR count). The molecule has 168 valence electrons. The van der Waals surface area contributed by atoms with Crippen molar-refractivity contribution in [1.82, 2.24) is 19.1 Å². The average Bonchev–Trinajstić information content (AvgIpc) is 3.15. The monoisotopic (exact) mass is 457 g/mol. The van der Waals surface area contributed by atoms with Gasteiger partial charge in [0.05, 0.1) is 16.8 Å². The highest BCUT2D eigenvalue weighted by molar-refractivity contribution is 7.89. The highest BCUT2D eigenvalue weighted by Crippen LogP contribution is 2.22. The van der Waals surface area contributed by atoms with Crippen molar-refractivity contribution in [3.8, 4) is 5.82 Å². The Bertz CT molecular complexity index is 1250. The van der Waals surface area contributed by atoms with Crippen LogP contribution in [0.25, 0.3) is 5.82 Å². The van der Waals surface area contributed by atoms with Gasteiger partial charge in [0, 0.05) is 26.0 Å². The first-order valence-corrected chi connectivity index (χ1v) is 11.0. The molecule has 10 nitrogen and oxygen atoms in total. The molecule has 2 heterocycles. The van der Waals surface area contributed by atoms with Crippen molar-refractivity contribution in [2.45, 2.75) is 18.7 Å². The fourth-order valence-electron chi connectivity index (χ4n) is 2.88. The van der Waals surface area contributed by atoms with E-state index in [2.05, 4.69) is 15.4 Å². The summed E-state index contributed by atoms with van der Waals surface area (Å²) in [6.45, 7) is 2.81. The Labute approximate surface area is 185 Å². The van der Waals surface area contributed by atoms with Crippen LogP contribution < -0.4 is 5.32 Å². The van der Waals surface area contributed by atoms with Crippen LogP contribution in [0.2, 0.25) is 0 Å². The number of benzene rings is 1. The lowest BCUT2D eigenvalue weighted by Gasteiger charge is -2.15. The number of pyridine rings is 1. The van der Waals surface area contributed by atoms with Gasteiger partial charge in [-0.1, -0.05) is 12.1 Å². The van der Waals surface area contributed by atoms with Crippen LogP contribution >= 0.6 is 0 Å². The molecule has 11 heteroatoms. The van der Waals surface area contributed by atoms with Crippen LogP contribution in [0.4, 0.5) is 5.69 Å². The molecule has 0 unspecified atom stereocenters. The second-order valence-corrected chi connectivity index (χ2v) is 9.26. The van der Waals surface area contributed by atoms with Gasteiger partial charge in [-0.25, -0.2) is 27.2 Å². The summed E-state index contributed by atoms with van der Waals surface area (Å²) in [7, 11) is -0.815. The number of esters is 1. The number of amides is 1. The van der Waals surface area contributed by atoms with Crippen LogP contribution in [0.3, 0.4) is 0 Å². The third-order valence-corrected chi connectivity index (χ3v) is 6.62. The summed E-state index contributed by atoms with van der Waals surface area (Å²) in [5, 5.41) is 6.69. The summed E-state index contributed by atoms with van der Waals surface area (Å²) in [6.07, 6.45) is 2.96. The maximum absolute atomic E-state index is 12.4. The molecular weight excluding hydrogens is 434 g/mol. The van der Waals surface area contributed by atoms with Gasteiger partial charge < -0.3 is 10.1 Å². The lowest BCUT2D eigenvalue weighted by Crippen LogP contribution is -2.24. The molecule has 1 N–H and O–H groups in total. The van der Waals surface area contributed by atoms with E-state index >= 15 is 0 Å². The summed E-state index contributed by atoms with van der Waals surface area (Å²) in [4.78, 5) is 28.9. The van der Waals surface area contributed by atoms with E-state index in [-0.39, 0.29) is 16.1 Å². The second kappa shape index (κ2) is 9.28. The number of carbonyl (C=O) groups is 2. The van der Waals surface area contributed by atoms with E-state index in [4.69, 9.17) is 4.74 Å². The van der Waals surface area contributed by atoms with Crippen LogP contribution in [0.1, 0.15) is 21.6 Å². The molecule has 2 aromatic heterocycles. The minimum absolute atomic E-state index is 0.0786. The van der Waals surface area contributed by atoms with Crippen molar-refractivity contribution in [1.29, 1.82) is 0 Å². The van der Waals surface area contributed by atoms with E-state index in [1.165, 1.54) is 31.0 Å². The Hall–Kier alpha value is -3.57. The number of ether oxygens (including phenoxy) is 1. The maximum Gasteiger partial charge on any atom is 0.342 e. The van der Waals surface area contributed by atoms with Crippen molar-refractivity contribution in [2.24, 2.45) is 0 Å². The lowest BCUT2D eigenvalue weighted by molar-refractivity contribution is -0.119. The van der Waals surface area contributed by atoms with E-state index in [0.29, 0.717) is 17.1 Å². The molecule has 1 amide bonds. The number of nitrogens with one attached hydrogen (secondary N) is 1. The smallest absolute Gasteiger partial charge is 0.342 e. The van der Waals surface area contributed by atoms with Gasteiger partial charge in [0.2, 0.25) is 10.0 Å². The van der Waals surface area contributed by atoms with E-state index in [9.17, 15) is 18.0 Å². The number of rotatable bonds is 7. The van der Waals surface area contributed by atoms with Gasteiger partial charge >= 0.3 is 5.97 Å². The van der Waals surface area contributed by atoms with Crippen LogP contribution in [0.5, 0.6) is 0 Å². The quantitative estimate of drug-likeness (QED) is 0.538. The highest BCUT2D eigenvalue weighted by atomic mass is 32.2. The zero-order valence-corrected chi connectivity index (χ0v) is 18.9. The summed E-state index contributed by atoms with van der Waals surface area (Å²) < 4.78 is 32.6. The summed E-state index contributed by atoms with van der Waals surface area (Å²) in [5.74, 6) is -0.769. The highest BCUT2D eigenvalue weighted by Gasteiger charge is 2.21. The topological polar surface area (TPSA) is 123 Å². The van der Waals surface area contributed by atoms with Gasteiger partial charge in [0.1, 0.15) is 5.56 Å². The Morgan fingerprint density at radius 3 is 2.56 bits per heavy atom. The Kier molecular flexibility index (Phi) is 6.70. The fourth-order valence-corrected chi connectivity index (χ4v) is 4.02. The molecule has 0 saturated carbocycles. The molecule has 0 aliphatic rings. The second-order valence-electron chi connectivity index (χ2n) is 7.14. The van der Waals surface area contributed by atoms with Gasteiger partial charge in [0.15, 0.2) is 12.4 Å². The third kappa shape index (κ3) is 4.84. The number of aryl methyl sites for hydroxylation is 1. The maximum atomic E-state index is 12.4. The molecule has 0 fully saturated rings. The molecule has 0 aliphatic heterocycles. The van der Waals surface area contributed by atoms with Gasteiger partial charge in [-0.15, -0.1) is 0 Å². The predicted octanol–water partition coefficient (Wildman–Crippen LogP) is 1.93.